The lowest BCUT2D eigenvalue weighted by Gasteiger charge is -2.26. The van der Waals surface area contributed by atoms with Crippen LogP contribution in [0.1, 0.15) is 60.5 Å². The van der Waals surface area contributed by atoms with Gasteiger partial charge in [0.1, 0.15) is 5.76 Å². The van der Waals surface area contributed by atoms with Crippen LogP contribution >= 0.6 is 0 Å². The highest BCUT2D eigenvalue weighted by Crippen LogP contribution is 2.28. The van der Waals surface area contributed by atoms with Crippen molar-refractivity contribution in [1.82, 2.24) is 4.90 Å². The zero-order valence-electron chi connectivity index (χ0n) is 17.1. The number of Topliss-reactive ketones (excluding diaryl/α,β-unsaturated/α-hetero) is 2. The summed E-state index contributed by atoms with van der Waals surface area (Å²) >= 11 is 0. The molecule has 1 aliphatic rings. The molecule has 0 saturated carbocycles. The summed E-state index contributed by atoms with van der Waals surface area (Å²) in [4.78, 5) is 27.4. The van der Waals surface area contributed by atoms with Crippen molar-refractivity contribution in [2.75, 3.05) is 13.1 Å². The molecular formula is C25H29NO3. The van der Waals surface area contributed by atoms with Crippen LogP contribution in [-0.2, 0) is 11.3 Å². The van der Waals surface area contributed by atoms with Gasteiger partial charge in [-0.25, -0.2) is 0 Å². The number of aliphatic hydroxyl groups is 1. The van der Waals surface area contributed by atoms with Gasteiger partial charge in [-0.3, -0.25) is 14.5 Å². The second kappa shape index (κ2) is 10.2. The Morgan fingerprint density at radius 2 is 1.41 bits per heavy atom. The average Bonchev–Trinajstić information content (AvgIpc) is 2.75. The number of hydrogen-bond acceptors (Lipinski definition) is 4. The van der Waals surface area contributed by atoms with Crippen LogP contribution in [-0.4, -0.2) is 34.7 Å². The summed E-state index contributed by atoms with van der Waals surface area (Å²) in [7, 11) is 0. The smallest absolute Gasteiger partial charge is 0.234 e. The summed E-state index contributed by atoms with van der Waals surface area (Å²) in [5.41, 5.74) is 2.09. The van der Waals surface area contributed by atoms with Crippen molar-refractivity contribution in [3.63, 3.8) is 0 Å². The van der Waals surface area contributed by atoms with Crippen molar-refractivity contribution in [2.45, 2.75) is 45.6 Å². The Morgan fingerprint density at radius 3 is 2.14 bits per heavy atom. The first kappa shape index (κ1) is 21.0. The summed E-state index contributed by atoms with van der Waals surface area (Å²) in [5, 5.41) is 10.7. The molecule has 0 amide bonds. The molecule has 0 unspecified atom stereocenters. The van der Waals surface area contributed by atoms with Gasteiger partial charge in [0.15, 0.2) is 0 Å². The van der Waals surface area contributed by atoms with Gasteiger partial charge in [-0.15, -0.1) is 0 Å². The van der Waals surface area contributed by atoms with Crippen LogP contribution in [0, 0.1) is 0 Å². The van der Waals surface area contributed by atoms with Crippen molar-refractivity contribution in [3.8, 4) is 0 Å². The highest BCUT2D eigenvalue weighted by molar-refractivity contribution is 6.52. The third-order valence-corrected chi connectivity index (χ3v) is 5.40. The number of ketones is 2. The minimum absolute atomic E-state index is 0.0609. The predicted octanol–water partition coefficient (Wildman–Crippen LogP) is 5.19. The summed E-state index contributed by atoms with van der Waals surface area (Å²) in [6, 6.07) is 16.9. The molecule has 0 atom stereocenters. The first-order chi connectivity index (χ1) is 14.1. The largest absolute Gasteiger partial charge is 0.507 e. The number of fused-ring (bicyclic) bond motifs is 1. The lowest BCUT2D eigenvalue weighted by Crippen LogP contribution is -2.34. The molecule has 0 aromatic heterocycles. The van der Waals surface area contributed by atoms with E-state index in [1.807, 2.05) is 18.2 Å². The molecule has 0 radical (unpaired) electrons. The molecule has 0 spiro atoms. The third-order valence-electron chi connectivity index (χ3n) is 5.40. The van der Waals surface area contributed by atoms with E-state index in [-0.39, 0.29) is 23.4 Å². The van der Waals surface area contributed by atoms with E-state index in [1.165, 1.54) is 19.3 Å². The van der Waals surface area contributed by atoms with Crippen LogP contribution in [0.5, 0.6) is 0 Å². The minimum atomic E-state index is -0.592. The highest BCUT2D eigenvalue weighted by atomic mass is 16.3. The second-order valence-electron chi connectivity index (χ2n) is 7.64. The Morgan fingerprint density at radius 1 is 0.759 bits per heavy atom. The molecule has 0 saturated heterocycles. The van der Waals surface area contributed by atoms with Gasteiger partial charge < -0.3 is 5.11 Å². The van der Waals surface area contributed by atoms with Crippen LogP contribution in [0.2, 0.25) is 0 Å². The monoisotopic (exact) mass is 391 g/mol. The zero-order valence-corrected chi connectivity index (χ0v) is 17.1. The van der Waals surface area contributed by atoms with Crippen LogP contribution in [0.3, 0.4) is 0 Å². The van der Waals surface area contributed by atoms with Crippen molar-refractivity contribution in [2.24, 2.45) is 0 Å². The van der Waals surface area contributed by atoms with E-state index >= 15 is 0 Å². The van der Waals surface area contributed by atoms with Crippen LogP contribution < -0.4 is 0 Å². The molecule has 152 valence electrons. The van der Waals surface area contributed by atoms with Gasteiger partial charge in [0.05, 0.1) is 5.57 Å². The number of nitrogens with zero attached hydrogens (tertiary/aromatic N) is 1. The number of carbonyl (C=O) groups excluding carboxylic acids is 2. The average molecular weight is 392 g/mol. The number of carbonyl (C=O) groups is 2. The fourth-order valence-electron chi connectivity index (χ4n) is 3.78. The van der Waals surface area contributed by atoms with E-state index in [2.05, 4.69) is 24.0 Å². The molecule has 4 heteroatoms. The molecule has 0 bridgehead atoms. The number of benzene rings is 2. The summed E-state index contributed by atoms with van der Waals surface area (Å²) in [5.74, 6) is -1.18. The predicted molar refractivity (Wildman–Crippen MR) is 116 cm³/mol. The first-order valence-electron chi connectivity index (χ1n) is 10.5. The highest BCUT2D eigenvalue weighted by Gasteiger charge is 2.33. The summed E-state index contributed by atoms with van der Waals surface area (Å²) in [6.45, 7) is 3.96. The Balaban J connectivity index is 1.80. The van der Waals surface area contributed by atoms with Crippen molar-refractivity contribution in [1.29, 1.82) is 0 Å². The molecular weight excluding hydrogens is 362 g/mol. The molecule has 4 nitrogen and oxygen atoms in total. The quantitative estimate of drug-likeness (QED) is 0.447. The van der Waals surface area contributed by atoms with Crippen molar-refractivity contribution >= 4 is 17.3 Å². The second-order valence-corrected chi connectivity index (χ2v) is 7.64. The van der Waals surface area contributed by atoms with Gasteiger partial charge in [-0.2, -0.15) is 0 Å². The standard InChI is InChI=1S/C25H29NO3/c1-2-3-4-5-11-16-26(17-19-12-7-6-8-13-19)18-22-23(27)20-14-9-10-15-21(20)24(28)25(22)29/h6-10,12-15,27H,2-5,11,16-18H2,1H3. The lowest BCUT2D eigenvalue weighted by molar-refractivity contribution is -0.112. The fraction of sp³-hybridized carbons (Fsp3) is 0.360. The van der Waals surface area contributed by atoms with Gasteiger partial charge in [0.2, 0.25) is 11.6 Å². The molecule has 29 heavy (non-hydrogen) atoms. The molecule has 0 aliphatic heterocycles. The van der Waals surface area contributed by atoms with Gasteiger partial charge in [0, 0.05) is 24.2 Å². The Kier molecular flexibility index (Phi) is 7.36. The molecule has 3 rings (SSSR count). The topological polar surface area (TPSA) is 57.6 Å². The van der Waals surface area contributed by atoms with E-state index in [1.54, 1.807) is 24.3 Å². The molecule has 0 heterocycles. The van der Waals surface area contributed by atoms with Crippen molar-refractivity contribution < 1.29 is 14.7 Å². The maximum Gasteiger partial charge on any atom is 0.234 e. The van der Waals surface area contributed by atoms with Crippen LogP contribution in [0.15, 0.2) is 60.2 Å². The molecule has 2 aromatic rings. The Hall–Kier alpha value is -2.72. The number of unbranched alkanes of at least 4 members (excludes halogenated alkanes) is 4. The third kappa shape index (κ3) is 5.21. The fourth-order valence-corrected chi connectivity index (χ4v) is 3.78. The minimum Gasteiger partial charge on any atom is -0.507 e. The number of aliphatic hydroxyl groups excluding tert-OH is 1. The van der Waals surface area contributed by atoms with E-state index in [0.717, 1.165) is 24.9 Å². The normalized spacial score (nSPS) is 13.9. The molecule has 0 fully saturated rings. The van der Waals surface area contributed by atoms with E-state index < -0.39 is 11.6 Å². The molecule has 1 aliphatic carbocycles. The first-order valence-corrected chi connectivity index (χ1v) is 10.5. The number of rotatable bonds is 10. The van der Waals surface area contributed by atoms with Gasteiger partial charge >= 0.3 is 0 Å². The van der Waals surface area contributed by atoms with E-state index in [9.17, 15) is 14.7 Å². The molecule has 2 aromatic carbocycles. The van der Waals surface area contributed by atoms with Gasteiger partial charge in [-0.05, 0) is 18.5 Å². The Bertz CT molecular complexity index is 886. The number of hydrogen-bond donors (Lipinski definition) is 1. The summed E-state index contributed by atoms with van der Waals surface area (Å²) < 4.78 is 0. The van der Waals surface area contributed by atoms with E-state index in [0.29, 0.717) is 12.1 Å². The summed E-state index contributed by atoms with van der Waals surface area (Å²) in [6.07, 6.45) is 5.80. The van der Waals surface area contributed by atoms with Crippen LogP contribution in [0.4, 0.5) is 0 Å². The van der Waals surface area contributed by atoms with E-state index in [4.69, 9.17) is 0 Å². The Labute approximate surface area is 172 Å². The molecule has 1 N–H and O–H groups in total. The SMILES string of the molecule is CCCCCCCN(CC1=C(O)c2ccccc2C(=O)C1=O)Cc1ccccc1. The maximum atomic E-state index is 12.7. The maximum absolute atomic E-state index is 12.7. The van der Waals surface area contributed by atoms with Crippen LogP contribution in [0.25, 0.3) is 5.76 Å². The van der Waals surface area contributed by atoms with Crippen molar-refractivity contribution in [3.05, 3.63) is 76.9 Å². The van der Waals surface area contributed by atoms with Gasteiger partial charge in [0.25, 0.3) is 0 Å². The van der Waals surface area contributed by atoms with Gasteiger partial charge in [-0.1, -0.05) is 87.2 Å². The zero-order chi connectivity index (χ0) is 20.6. The lowest BCUT2D eigenvalue weighted by atomic mass is 9.88.